The van der Waals surface area contributed by atoms with Crippen molar-refractivity contribution in [2.75, 3.05) is 26.4 Å². The average molecular weight is 307 g/mol. The van der Waals surface area contributed by atoms with Crippen LogP contribution in [0.25, 0.3) is 0 Å². The van der Waals surface area contributed by atoms with E-state index in [1.807, 2.05) is 0 Å². The number of aliphatic hydroxyl groups is 1. The van der Waals surface area contributed by atoms with Gasteiger partial charge in [0.05, 0.1) is 37.4 Å². The lowest BCUT2D eigenvalue weighted by molar-refractivity contribution is -0.0846. The highest BCUT2D eigenvalue weighted by Gasteiger charge is 2.24. The van der Waals surface area contributed by atoms with Crippen LogP contribution in [0.1, 0.15) is 10.4 Å². The normalized spacial score (nSPS) is 20.6. The van der Waals surface area contributed by atoms with Crippen LogP contribution in [0.4, 0.5) is 0 Å². The largest absolute Gasteiger partial charge is 0.391 e. The predicted octanol–water partition coefficient (Wildman–Crippen LogP) is 0.243. The smallest absolute Gasteiger partial charge is 0.242 e. The lowest BCUT2D eigenvalue weighted by Crippen LogP contribution is -2.39. The molecule has 0 aliphatic carbocycles. The summed E-state index contributed by atoms with van der Waals surface area (Å²) in [7, 11) is -3.62. The molecular formula is C11H17NO5S2. The molecule has 6 nitrogen and oxygen atoms in total. The van der Waals surface area contributed by atoms with Crippen LogP contribution in [0.5, 0.6) is 0 Å². The number of aliphatic hydroxyl groups excluding tert-OH is 1. The van der Waals surface area contributed by atoms with Gasteiger partial charge < -0.3 is 14.6 Å². The Morgan fingerprint density at radius 1 is 1.53 bits per heavy atom. The van der Waals surface area contributed by atoms with Crippen molar-refractivity contribution in [2.24, 2.45) is 0 Å². The van der Waals surface area contributed by atoms with Crippen LogP contribution in [-0.4, -0.2) is 46.0 Å². The lowest BCUT2D eigenvalue weighted by Gasteiger charge is -2.23. The molecule has 2 rings (SSSR count). The molecule has 1 aliphatic heterocycles. The van der Waals surface area contributed by atoms with Crippen LogP contribution in [0, 0.1) is 6.92 Å². The van der Waals surface area contributed by atoms with Crippen molar-refractivity contribution in [1.82, 2.24) is 4.72 Å². The average Bonchev–Trinajstić information content (AvgIpc) is 2.80. The number of ether oxygens (including phenoxy) is 2. The fourth-order valence-electron chi connectivity index (χ4n) is 1.89. The van der Waals surface area contributed by atoms with Gasteiger partial charge >= 0.3 is 0 Å². The van der Waals surface area contributed by atoms with Gasteiger partial charge in [-0.1, -0.05) is 0 Å². The van der Waals surface area contributed by atoms with E-state index < -0.39 is 10.0 Å². The minimum Gasteiger partial charge on any atom is -0.391 e. The maximum atomic E-state index is 12.2. The molecule has 0 saturated carbocycles. The molecule has 2 N–H and O–H groups in total. The van der Waals surface area contributed by atoms with Crippen molar-refractivity contribution >= 4 is 21.4 Å². The molecule has 1 atom stereocenters. The second kappa shape index (κ2) is 6.29. The number of aryl methyl sites for hydroxylation is 1. The number of hydrogen-bond donors (Lipinski definition) is 2. The third kappa shape index (κ3) is 3.53. The van der Waals surface area contributed by atoms with E-state index in [1.54, 1.807) is 12.3 Å². The molecule has 1 fully saturated rings. The summed E-state index contributed by atoms with van der Waals surface area (Å²) < 4.78 is 37.5. The fourth-order valence-corrected chi connectivity index (χ4v) is 4.61. The molecule has 0 spiro atoms. The number of nitrogens with one attached hydrogen (secondary N) is 1. The van der Waals surface area contributed by atoms with Gasteiger partial charge in [0.25, 0.3) is 0 Å². The van der Waals surface area contributed by atoms with Gasteiger partial charge in [0, 0.05) is 6.54 Å². The van der Waals surface area contributed by atoms with Crippen molar-refractivity contribution in [3.8, 4) is 0 Å². The van der Waals surface area contributed by atoms with Crippen molar-refractivity contribution < 1.29 is 23.0 Å². The molecule has 108 valence electrons. The first-order valence-corrected chi connectivity index (χ1v) is 8.27. The standard InChI is InChI=1S/C11H17NO5S2/c1-8-7-18-10(5-13)11(8)19(14,15)12-4-9-6-16-2-3-17-9/h7,9,12-13H,2-6H2,1H3. The Kier molecular flexibility index (Phi) is 4.93. The Hall–Kier alpha value is -0.510. The zero-order chi connectivity index (χ0) is 13.9. The SMILES string of the molecule is Cc1csc(CO)c1S(=O)(=O)NCC1COCCO1. The van der Waals surface area contributed by atoms with Gasteiger partial charge in [0.15, 0.2) is 0 Å². The molecule has 1 aromatic rings. The highest BCUT2D eigenvalue weighted by atomic mass is 32.2. The van der Waals surface area contributed by atoms with Gasteiger partial charge in [0.2, 0.25) is 10.0 Å². The predicted molar refractivity (Wildman–Crippen MR) is 70.7 cm³/mol. The molecule has 8 heteroatoms. The summed E-state index contributed by atoms with van der Waals surface area (Å²) in [5.41, 5.74) is 0.641. The summed E-state index contributed by atoms with van der Waals surface area (Å²) in [4.78, 5) is 0.627. The third-order valence-electron chi connectivity index (χ3n) is 2.79. The molecule has 1 aliphatic rings. The van der Waals surface area contributed by atoms with Gasteiger partial charge in [-0.25, -0.2) is 13.1 Å². The topological polar surface area (TPSA) is 84.9 Å². The Morgan fingerprint density at radius 3 is 2.95 bits per heavy atom. The van der Waals surface area contributed by atoms with Gasteiger partial charge in [-0.2, -0.15) is 0 Å². The van der Waals surface area contributed by atoms with E-state index in [1.165, 1.54) is 11.3 Å². The number of hydrogen-bond acceptors (Lipinski definition) is 6. The molecule has 1 aromatic heterocycles. The summed E-state index contributed by atoms with van der Waals surface area (Å²) in [5, 5.41) is 10.9. The highest BCUT2D eigenvalue weighted by Crippen LogP contribution is 2.26. The Balaban J connectivity index is 2.07. The zero-order valence-corrected chi connectivity index (χ0v) is 12.2. The molecule has 19 heavy (non-hydrogen) atoms. The van der Waals surface area contributed by atoms with Crippen LogP contribution in [0.15, 0.2) is 10.3 Å². The quantitative estimate of drug-likeness (QED) is 0.814. The first-order chi connectivity index (χ1) is 9.04. The van der Waals surface area contributed by atoms with Gasteiger partial charge in [-0.15, -0.1) is 11.3 Å². The Bertz CT molecular complexity index is 519. The van der Waals surface area contributed by atoms with E-state index in [4.69, 9.17) is 9.47 Å². The molecule has 2 heterocycles. The van der Waals surface area contributed by atoms with E-state index in [0.29, 0.717) is 30.3 Å². The highest BCUT2D eigenvalue weighted by molar-refractivity contribution is 7.89. The fraction of sp³-hybridized carbons (Fsp3) is 0.636. The Morgan fingerprint density at radius 2 is 2.32 bits per heavy atom. The second-order valence-corrected chi connectivity index (χ2v) is 6.92. The lowest BCUT2D eigenvalue weighted by atomic mass is 10.3. The van der Waals surface area contributed by atoms with Crippen LogP contribution in [-0.2, 0) is 26.1 Å². The minimum atomic E-state index is -3.62. The maximum absolute atomic E-state index is 12.2. The van der Waals surface area contributed by atoms with Crippen LogP contribution in [0.3, 0.4) is 0 Å². The molecule has 0 aromatic carbocycles. The van der Waals surface area contributed by atoms with Crippen molar-refractivity contribution in [3.05, 3.63) is 15.8 Å². The van der Waals surface area contributed by atoms with E-state index in [-0.39, 0.29) is 24.2 Å². The van der Waals surface area contributed by atoms with Crippen LogP contribution in [0.2, 0.25) is 0 Å². The van der Waals surface area contributed by atoms with Crippen LogP contribution < -0.4 is 4.72 Å². The number of rotatable bonds is 5. The van der Waals surface area contributed by atoms with Gasteiger partial charge in [0.1, 0.15) is 4.90 Å². The van der Waals surface area contributed by atoms with Crippen molar-refractivity contribution in [1.29, 1.82) is 0 Å². The first-order valence-electron chi connectivity index (χ1n) is 5.91. The summed E-state index contributed by atoms with van der Waals surface area (Å²) in [6.45, 7) is 3.01. The molecule has 1 saturated heterocycles. The zero-order valence-electron chi connectivity index (χ0n) is 10.6. The minimum absolute atomic E-state index is 0.169. The van der Waals surface area contributed by atoms with Gasteiger partial charge in [-0.3, -0.25) is 0 Å². The first kappa shape index (κ1) is 14.9. The van der Waals surface area contributed by atoms with Crippen molar-refractivity contribution in [3.63, 3.8) is 0 Å². The molecule has 0 amide bonds. The van der Waals surface area contributed by atoms with E-state index >= 15 is 0 Å². The molecular weight excluding hydrogens is 290 g/mol. The summed E-state index contributed by atoms with van der Waals surface area (Å²) >= 11 is 1.24. The van der Waals surface area contributed by atoms with Crippen LogP contribution >= 0.6 is 11.3 Å². The second-order valence-electron chi connectivity index (χ2n) is 4.25. The molecule has 0 radical (unpaired) electrons. The van der Waals surface area contributed by atoms with Gasteiger partial charge in [-0.05, 0) is 17.9 Å². The summed E-state index contributed by atoms with van der Waals surface area (Å²) in [6, 6.07) is 0. The monoisotopic (exact) mass is 307 g/mol. The number of sulfonamides is 1. The molecule has 1 unspecified atom stereocenters. The summed E-state index contributed by atoms with van der Waals surface area (Å²) in [5.74, 6) is 0. The van der Waals surface area contributed by atoms with Crippen molar-refractivity contribution in [2.45, 2.75) is 24.5 Å². The van der Waals surface area contributed by atoms with E-state index in [2.05, 4.69) is 4.72 Å². The Labute approximate surface area is 116 Å². The third-order valence-corrected chi connectivity index (χ3v) is 5.66. The summed E-state index contributed by atoms with van der Waals surface area (Å²) in [6.07, 6.45) is -0.264. The molecule has 0 bridgehead atoms. The van der Waals surface area contributed by atoms with E-state index in [9.17, 15) is 13.5 Å². The van der Waals surface area contributed by atoms with E-state index in [0.717, 1.165) is 0 Å². The maximum Gasteiger partial charge on any atom is 0.242 e. The number of thiophene rings is 1.